The van der Waals surface area contributed by atoms with E-state index in [9.17, 15) is 14.7 Å². The second kappa shape index (κ2) is 5.77. The van der Waals surface area contributed by atoms with Crippen molar-refractivity contribution in [2.75, 3.05) is 13.2 Å². The number of hydrogen-bond donors (Lipinski definition) is 1. The number of carboxylic acids is 1. The normalized spacial score (nSPS) is 17.8. The molecule has 1 rings (SSSR count). The molecule has 1 amide bonds. The maximum atomic E-state index is 12.2. The lowest BCUT2D eigenvalue weighted by Gasteiger charge is -2.42. The van der Waals surface area contributed by atoms with E-state index in [0.29, 0.717) is 13.2 Å². The number of nitrogens with zero attached hydrogens (tertiary/aromatic N) is 1. The van der Waals surface area contributed by atoms with E-state index in [-0.39, 0.29) is 12.0 Å². The fourth-order valence-corrected chi connectivity index (χ4v) is 1.91. The van der Waals surface area contributed by atoms with E-state index in [1.807, 2.05) is 0 Å². The Morgan fingerprint density at radius 3 is 2.11 bits per heavy atom. The minimum Gasteiger partial charge on any atom is -0.480 e. The van der Waals surface area contributed by atoms with Crippen LogP contribution in [0.4, 0.5) is 4.79 Å². The summed E-state index contributed by atoms with van der Waals surface area (Å²) in [6.07, 6.45) is -0.595. The standard InChI is InChI=1S/C13H23NO5/c1-8(2)10(11(15)16)14(9-6-18-7-9)12(17)19-13(3,4)5/h8-10H,6-7H2,1-5H3,(H,15,16). The molecule has 0 saturated carbocycles. The van der Waals surface area contributed by atoms with Crippen LogP contribution in [0.15, 0.2) is 0 Å². The average molecular weight is 273 g/mol. The third kappa shape index (κ3) is 4.09. The van der Waals surface area contributed by atoms with Gasteiger partial charge in [-0.05, 0) is 26.7 Å². The van der Waals surface area contributed by atoms with Crippen LogP contribution in [-0.2, 0) is 14.3 Å². The Kier molecular flexibility index (Phi) is 4.79. The molecule has 1 atom stereocenters. The molecular formula is C13H23NO5. The maximum Gasteiger partial charge on any atom is 0.411 e. The summed E-state index contributed by atoms with van der Waals surface area (Å²) in [5, 5.41) is 9.34. The molecule has 110 valence electrons. The van der Waals surface area contributed by atoms with Crippen LogP contribution in [0.5, 0.6) is 0 Å². The van der Waals surface area contributed by atoms with Gasteiger partial charge in [-0.15, -0.1) is 0 Å². The van der Waals surface area contributed by atoms with Crippen LogP contribution in [0.25, 0.3) is 0 Å². The van der Waals surface area contributed by atoms with Gasteiger partial charge >= 0.3 is 12.1 Å². The number of carbonyl (C=O) groups excluding carboxylic acids is 1. The lowest BCUT2D eigenvalue weighted by Crippen LogP contribution is -2.60. The van der Waals surface area contributed by atoms with Gasteiger partial charge in [0.05, 0.1) is 19.3 Å². The largest absolute Gasteiger partial charge is 0.480 e. The Morgan fingerprint density at radius 2 is 1.84 bits per heavy atom. The molecule has 1 N–H and O–H groups in total. The van der Waals surface area contributed by atoms with E-state index in [2.05, 4.69) is 0 Å². The number of rotatable bonds is 4. The topological polar surface area (TPSA) is 76.1 Å². The van der Waals surface area contributed by atoms with E-state index in [1.54, 1.807) is 34.6 Å². The Hall–Kier alpha value is -1.30. The Labute approximate surface area is 113 Å². The van der Waals surface area contributed by atoms with Crippen LogP contribution in [0, 0.1) is 5.92 Å². The third-order valence-electron chi connectivity index (χ3n) is 2.80. The molecule has 6 nitrogen and oxygen atoms in total. The van der Waals surface area contributed by atoms with Crippen molar-refractivity contribution in [3.05, 3.63) is 0 Å². The van der Waals surface area contributed by atoms with Crippen LogP contribution >= 0.6 is 0 Å². The SMILES string of the molecule is CC(C)C(C(=O)O)N(C(=O)OC(C)(C)C)C1COC1. The molecule has 0 aromatic heterocycles. The van der Waals surface area contributed by atoms with E-state index in [0.717, 1.165) is 0 Å². The summed E-state index contributed by atoms with van der Waals surface area (Å²) in [4.78, 5) is 24.9. The molecule has 1 fully saturated rings. The van der Waals surface area contributed by atoms with E-state index < -0.39 is 23.7 Å². The molecule has 1 aliphatic heterocycles. The van der Waals surface area contributed by atoms with E-state index in [4.69, 9.17) is 9.47 Å². The van der Waals surface area contributed by atoms with Gasteiger partial charge < -0.3 is 14.6 Å². The summed E-state index contributed by atoms with van der Waals surface area (Å²) in [6, 6.07) is -1.12. The summed E-state index contributed by atoms with van der Waals surface area (Å²) >= 11 is 0. The Bertz CT molecular complexity index is 343. The zero-order chi connectivity index (χ0) is 14.8. The number of hydrogen-bond acceptors (Lipinski definition) is 4. The lowest BCUT2D eigenvalue weighted by molar-refractivity contribution is -0.151. The summed E-state index contributed by atoms with van der Waals surface area (Å²) in [5.74, 6) is -1.22. The highest BCUT2D eigenvalue weighted by molar-refractivity contribution is 5.80. The molecule has 1 aliphatic rings. The second-order valence-corrected chi connectivity index (χ2v) is 6.11. The van der Waals surface area contributed by atoms with Crippen molar-refractivity contribution < 1.29 is 24.2 Å². The molecule has 0 aliphatic carbocycles. The van der Waals surface area contributed by atoms with Gasteiger partial charge in [0, 0.05) is 0 Å². The molecule has 0 spiro atoms. The highest BCUT2D eigenvalue weighted by Gasteiger charge is 2.42. The molecule has 0 aromatic carbocycles. The Balaban J connectivity index is 2.93. The molecule has 1 unspecified atom stereocenters. The van der Waals surface area contributed by atoms with Gasteiger partial charge in [0.15, 0.2) is 0 Å². The number of ether oxygens (including phenoxy) is 2. The minimum absolute atomic E-state index is 0.203. The molecule has 0 aromatic rings. The van der Waals surface area contributed by atoms with Crippen molar-refractivity contribution >= 4 is 12.1 Å². The summed E-state index contributed by atoms with van der Waals surface area (Å²) in [6.45, 7) is 9.53. The van der Waals surface area contributed by atoms with Crippen molar-refractivity contribution in [2.45, 2.75) is 52.3 Å². The summed E-state index contributed by atoms with van der Waals surface area (Å²) in [7, 11) is 0. The molecule has 1 heterocycles. The number of carbonyl (C=O) groups is 2. The van der Waals surface area contributed by atoms with Crippen molar-refractivity contribution in [1.82, 2.24) is 4.90 Å². The predicted molar refractivity (Wildman–Crippen MR) is 68.9 cm³/mol. The minimum atomic E-state index is -1.02. The van der Waals surface area contributed by atoms with Crippen LogP contribution < -0.4 is 0 Å². The lowest BCUT2D eigenvalue weighted by atomic mass is 10.0. The van der Waals surface area contributed by atoms with Crippen molar-refractivity contribution in [3.8, 4) is 0 Å². The first-order valence-corrected chi connectivity index (χ1v) is 6.45. The maximum absolute atomic E-state index is 12.2. The van der Waals surface area contributed by atoms with Gasteiger partial charge in [-0.25, -0.2) is 9.59 Å². The van der Waals surface area contributed by atoms with Crippen molar-refractivity contribution in [3.63, 3.8) is 0 Å². The number of carboxylic acid groups (broad SMARTS) is 1. The number of amides is 1. The fourth-order valence-electron chi connectivity index (χ4n) is 1.91. The monoisotopic (exact) mass is 273 g/mol. The van der Waals surface area contributed by atoms with Crippen LogP contribution in [-0.4, -0.2) is 53.0 Å². The fraction of sp³-hybridized carbons (Fsp3) is 0.846. The molecular weight excluding hydrogens is 250 g/mol. The molecule has 19 heavy (non-hydrogen) atoms. The first-order valence-electron chi connectivity index (χ1n) is 6.45. The van der Waals surface area contributed by atoms with E-state index in [1.165, 1.54) is 4.90 Å². The van der Waals surface area contributed by atoms with Gasteiger partial charge in [-0.1, -0.05) is 13.8 Å². The van der Waals surface area contributed by atoms with Crippen LogP contribution in [0.2, 0.25) is 0 Å². The molecule has 1 saturated heterocycles. The zero-order valence-corrected chi connectivity index (χ0v) is 12.2. The first-order chi connectivity index (χ1) is 8.63. The predicted octanol–water partition coefficient (Wildman–Crippen LogP) is 1.73. The first kappa shape index (κ1) is 15.8. The second-order valence-electron chi connectivity index (χ2n) is 6.11. The van der Waals surface area contributed by atoms with Crippen molar-refractivity contribution in [1.29, 1.82) is 0 Å². The zero-order valence-electron chi connectivity index (χ0n) is 12.2. The average Bonchev–Trinajstić information content (AvgIpc) is 2.09. The van der Waals surface area contributed by atoms with Gasteiger partial charge in [0.1, 0.15) is 11.6 Å². The van der Waals surface area contributed by atoms with Crippen LogP contribution in [0.1, 0.15) is 34.6 Å². The Morgan fingerprint density at radius 1 is 1.32 bits per heavy atom. The highest BCUT2D eigenvalue weighted by atomic mass is 16.6. The highest BCUT2D eigenvalue weighted by Crippen LogP contribution is 2.22. The van der Waals surface area contributed by atoms with Crippen LogP contribution in [0.3, 0.4) is 0 Å². The van der Waals surface area contributed by atoms with Crippen molar-refractivity contribution in [2.24, 2.45) is 5.92 Å². The van der Waals surface area contributed by atoms with Gasteiger partial charge in [-0.2, -0.15) is 0 Å². The molecule has 0 radical (unpaired) electrons. The molecule has 6 heteroatoms. The van der Waals surface area contributed by atoms with Gasteiger partial charge in [0.25, 0.3) is 0 Å². The van der Waals surface area contributed by atoms with Gasteiger partial charge in [-0.3, -0.25) is 4.90 Å². The third-order valence-corrected chi connectivity index (χ3v) is 2.80. The molecule has 0 bridgehead atoms. The number of aliphatic carboxylic acids is 1. The summed E-state index contributed by atoms with van der Waals surface area (Å²) in [5.41, 5.74) is -0.653. The summed E-state index contributed by atoms with van der Waals surface area (Å²) < 4.78 is 10.4. The van der Waals surface area contributed by atoms with E-state index >= 15 is 0 Å². The quantitative estimate of drug-likeness (QED) is 0.844. The van der Waals surface area contributed by atoms with Gasteiger partial charge in [0.2, 0.25) is 0 Å². The smallest absolute Gasteiger partial charge is 0.411 e.